The van der Waals surface area contributed by atoms with Gasteiger partial charge in [0.15, 0.2) is 6.61 Å². The predicted molar refractivity (Wildman–Crippen MR) is 117 cm³/mol. The Hall–Kier alpha value is -2.74. The molecule has 30 heavy (non-hydrogen) atoms. The quantitative estimate of drug-likeness (QED) is 0.764. The van der Waals surface area contributed by atoms with Gasteiger partial charge in [-0.25, -0.2) is 0 Å². The molecule has 7 nitrogen and oxygen atoms in total. The van der Waals surface area contributed by atoms with E-state index in [1.807, 2.05) is 47.6 Å². The normalized spacial score (nSPS) is 19.7. The molecule has 2 atom stereocenters. The Bertz CT molecular complexity index is 992. The number of carbonyl (C=O) groups excluding carboxylic acids is 2. The zero-order valence-electron chi connectivity index (χ0n) is 16.9. The summed E-state index contributed by atoms with van der Waals surface area (Å²) in [6, 6.07) is 12.9. The number of anilines is 1. The second-order valence-corrected chi connectivity index (χ2v) is 8.63. The highest BCUT2D eigenvalue weighted by atomic mass is 32.2. The van der Waals surface area contributed by atoms with Crippen LogP contribution in [-0.2, 0) is 16.1 Å². The highest BCUT2D eigenvalue weighted by molar-refractivity contribution is 7.99. The molecule has 1 aromatic carbocycles. The predicted octanol–water partition coefficient (Wildman–Crippen LogP) is 2.17. The molecule has 4 rings (SSSR count). The van der Waals surface area contributed by atoms with E-state index in [2.05, 4.69) is 5.32 Å². The highest BCUT2D eigenvalue weighted by Crippen LogP contribution is 2.35. The lowest BCUT2D eigenvalue weighted by atomic mass is 9.83. The number of hydrogen-bond acceptors (Lipinski definition) is 5. The first-order valence-electron chi connectivity index (χ1n) is 10.0. The van der Waals surface area contributed by atoms with Gasteiger partial charge in [0, 0.05) is 31.2 Å². The number of thioether (sulfide) groups is 1. The first-order chi connectivity index (χ1) is 14.5. The van der Waals surface area contributed by atoms with E-state index in [-0.39, 0.29) is 35.8 Å². The number of amides is 2. The van der Waals surface area contributed by atoms with E-state index in [0.717, 1.165) is 12.1 Å². The first kappa shape index (κ1) is 20.5. The molecule has 2 aliphatic heterocycles. The monoisotopic (exact) mass is 427 g/mol. The van der Waals surface area contributed by atoms with Crippen molar-refractivity contribution in [2.45, 2.75) is 18.9 Å². The topological polar surface area (TPSA) is 80.6 Å². The lowest BCUT2D eigenvalue weighted by Crippen LogP contribution is -2.50. The Balaban J connectivity index is 1.45. The van der Waals surface area contributed by atoms with Gasteiger partial charge in [0.2, 0.25) is 5.91 Å². The van der Waals surface area contributed by atoms with E-state index in [0.29, 0.717) is 36.8 Å². The average molecular weight is 428 g/mol. The van der Waals surface area contributed by atoms with Crippen molar-refractivity contribution in [3.8, 4) is 5.75 Å². The summed E-state index contributed by atoms with van der Waals surface area (Å²) in [6.07, 6.45) is 2.80. The van der Waals surface area contributed by atoms with Crippen LogP contribution in [0, 0.1) is 5.92 Å². The van der Waals surface area contributed by atoms with Crippen LogP contribution in [0.15, 0.2) is 47.3 Å². The minimum Gasteiger partial charge on any atom is -0.484 e. The molecule has 1 fully saturated rings. The van der Waals surface area contributed by atoms with Crippen LogP contribution in [0.4, 0.5) is 5.69 Å². The maximum atomic E-state index is 12.9. The van der Waals surface area contributed by atoms with Gasteiger partial charge >= 0.3 is 0 Å². The molecule has 1 aromatic heterocycles. The Morgan fingerprint density at radius 2 is 1.93 bits per heavy atom. The molecule has 2 bridgehead atoms. The lowest BCUT2D eigenvalue weighted by molar-refractivity contribution is -0.136. The molecule has 0 unspecified atom stereocenters. The minimum absolute atomic E-state index is 0.0106. The summed E-state index contributed by atoms with van der Waals surface area (Å²) in [5, 5.41) is 2.71. The summed E-state index contributed by atoms with van der Waals surface area (Å²) in [5.41, 5.74) is 1.09. The van der Waals surface area contributed by atoms with Crippen molar-refractivity contribution in [2.24, 2.45) is 5.92 Å². The molecule has 0 spiro atoms. The molecule has 158 valence electrons. The van der Waals surface area contributed by atoms with Crippen molar-refractivity contribution >= 4 is 29.3 Å². The number of carbonyl (C=O) groups is 2. The van der Waals surface area contributed by atoms with Gasteiger partial charge in [0.05, 0.1) is 5.75 Å². The fourth-order valence-corrected chi connectivity index (χ4v) is 4.65. The molecule has 0 saturated carbocycles. The summed E-state index contributed by atoms with van der Waals surface area (Å²) < 4.78 is 7.39. The maximum absolute atomic E-state index is 12.9. The van der Waals surface area contributed by atoms with Crippen LogP contribution >= 0.6 is 11.8 Å². The molecule has 0 aliphatic carbocycles. The third-order valence-electron chi connectivity index (χ3n) is 5.61. The van der Waals surface area contributed by atoms with Crippen LogP contribution in [0.5, 0.6) is 5.75 Å². The molecule has 3 heterocycles. The molecule has 2 aliphatic rings. The number of fused-ring (bicyclic) bond motifs is 4. The third-order valence-corrected chi connectivity index (χ3v) is 6.16. The molecule has 8 heteroatoms. The van der Waals surface area contributed by atoms with Crippen LogP contribution < -0.4 is 15.6 Å². The van der Waals surface area contributed by atoms with Gasteiger partial charge in [-0.2, -0.15) is 11.8 Å². The van der Waals surface area contributed by atoms with Gasteiger partial charge in [0.25, 0.3) is 11.5 Å². The third kappa shape index (κ3) is 4.38. The second kappa shape index (κ2) is 8.95. The van der Waals surface area contributed by atoms with Gasteiger partial charge in [-0.3, -0.25) is 14.4 Å². The summed E-state index contributed by atoms with van der Waals surface area (Å²) in [5.74, 6) is 1.11. The van der Waals surface area contributed by atoms with Gasteiger partial charge in [-0.1, -0.05) is 18.2 Å². The largest absolute Gasteiger partial charge is 0.484 e. The minimum atomic E-state index is -0.175. The summed E-state index contributed by atoms with van der Waals surface area (Å²) in [6.45, 7) is 1.75. The van der Waals surface area contributed by atoms with E-state index in [1.165, 1.54) is 11.8 Å². The van der Waals surface area contributed by atoms with E-state index in [9.17, 15) is 14.4 Å². The highest BCUT2D eigenvalue weighted by Gasteiger charge is 2.36. The van der Waals surface area contributed by atoms with Crippen LogP contribution in [-0.4, -0.2) is 53.0 Å². The Labute approximate surface area is 179 Å². The summed E-state index contributed by atoms with van der Waals surface area (Å²) >= 11 is 1.41. The number of aromatic nitrogens is 1. The van der Waals surface area contributed by atoms with Crippen LogP contribution in [0.3, 0.4) is 0 Å². The first-order valence-corrected chi connectivity index (χ1v) is 11.4. The number of benzene rings is 1. The van der Waals surface area contributed by atoms with E-state index in [4.69, 9.17) is 4.74 Å². The molecule has 0 radical (unpaired) electrons. The fraction of sp³-hybridized carbons (Fsp3) is 0.409. The molecule has 1 N–H and O–H groups in total. The Kier molecular flexibility index (Phi) is 6.13. The van der Waals surface area contributed by atoms with Gasteiger partial charge in [-0.05, 0) is 42.9 Å². The zero-order chi connectivity index (χ0) is 21.1. The van der Waals surface area contributed by atoms with Crippen molar-refractivity contribution in [3.05, 3.63) is 58.5 Å². The van der Waals surface area contributed by atoms with Crippen LogP contribution in [0.2, 0.25) is 0 Å². The van der Waals surface area contributed by atoms with Gasteiger partial charge in [-0.15, -0.1) is 0 Å². The average Bonchev–Trinajstić information content (AvgIpc) is 2.75. The second-order valence-electron chi connectivity index (χ2n) is 7.77. The van der Waals surface area contributed by atoms with Gasteiger partial charge < -0.3 is 19.5 Å². The molecular weight excluding hydrogens is 402 g/mol. The van der Waals surface area contributed by atoms with Crippen molar-refractivity contribution in [1.29, 1.82) is 0 Å². The number of rotatable bonds is 6. The van der Waals surface area contributed by atoms with E-state index < -0.39 is 0 Å². The molecule has 2 amide bonds. The number of para-hydroxylation sites is 1. The number of ether oxygens (including phenoxy) is 1. The summed E-state index contributed by atoms with van der Waals surface area (Å²) in [4.78, 5) is 39.3. The number of nitrogens with one attached hydrogen (secondary N) is 1. The van der Waals surface area contributed by atoms with E-state index >= 15 is 0 Å². The fourth-order valence-electron chi connectivity index (χ4n) is 4.32. The number of likely N-dealkylation sites (tertiary alicyclic amines) is 1. The Morgan fingerprint density at radius 1 is 1.13 bits per heavy atom. The van der Waals surface area contributed by atoms with Crippen molar-refractivity contribution in [2.75, 3.05) is 37.0 Å². The van der Waals surface area contributed by atoms with Crippen LogP contribution in [0.25, 0.3) is 0 Å². The van der Waals surface area contributed by atoms with Crippen molar-refractivity contribution < 1.29 is 14.3 Å². The number of piperidine rings is 1. The molecule has 1 saturated heterocycles. The maximum Gasteiger partial charge on any atom is 0.274 e. The Morgan fingerprint density at radius 3 is 2.70 bits per heavy atom. The van der Waals surface area contributed by atoms with Gasteiger partial charge in [0.1, 0.15) is 11.4 Å². The summed E-state index contributed by atoms with van der Waals surface area (Å²) in [7, 11) is 0. The van der Waals surface area contributed by atoms with E-state index in [1.54, 1.807) is 10.6 Å². The molecular formula is C22H25N3O4S. The van der Waals surface area contributed by atoms with Crippen molar-refractivity contribution in [3.63, 3.8) is 0 Å². The molecule has 2 aromatic rings. The van der Waals surface area contributed by atoms with Crippen LogP contribution in [0.1, 0.15) is 18.0 Å². The zero-order valence-corrected chi connectivity index (χ0v) is 17.7. The SMILES string of the molecule is CSCC(=O)Nc1ccc2n(c1=O)C[C@@H]1C[C@@H]2CN(C(=O)COc2ccccc2)C1. The number of pyridine rings is 1. The number of hydrogen-bond donors (Lipinski definition) is 1. The standard InChI is InChI=1S/C22H25N3O4S/c1-30-14-20(26)23-18-7-8-19-16-9-15(11-25(19)22(18)28)10-24(12-16)21(27)13-29-17-5-3-2-4-6-17/h2-8,15-16H,9-14H2,1H3,(H,23,26)/t15-,16-/m1/s1. The smallest absolute Gasteiger partial charge is 0.274 e. The number of nitrogens with zero attached hydrogens (tertiary/aromatic N) is 2. The van der Waals surface area contributed by atoms with Crippen molar-refractivity contribution in [1.82, 2.24) is 9.47 Å². The lowest BCUT2D eigenvalue weighted by Gasteiger charge is -2.42.